The van der Waals surface area contributed by atoms with Crippen LogP contribution in [0, 0.1) is 5.82 Å². The first-order valence-corrected chi connectivity index (χ1v) is 7.21. The van der Waals surface area contributed by atoms with E-state index in [1.54, 1.807) is 18.3 Å². The van der Waals surface area contributed by atoms with Gasteiger partial charge in [-0.1, -0.05) is 0 Å². The molecular formula is C15H9ClFN5O. The molecule has 0 bridgehead atoms. The van der Waals surface area contributed by atoms with Gasteiger partial charge in [-0.05, 0) is 35.9 Å². The smallest absolute Gasteiger partial charge is 0.247 e. The maximum atomic E-state index is 12.9. The van der Waals surface area contributed by atoms with Gasteiger partial charge in [-0.3, -0.25) is 4.99 Å². The van der Waals surface area contributed by atoms with Gasteiger partial charge in [-0.25, -0.2) is 14.4 Å². The maximum Gasteiger partial charge on any atom is 0.247 e. The first kappa shape index (κ1) is 14.0. The van der Waals surface area contributed by atoms with Gasteiger partial charge in [0, 0.05) is 17.7 Å². The van der Waals surface area contributed by atoms with Crippen molar-refractivity contribution < 1.29 is 8.81 Å². The molecule has 3 heterocycles. The summed E-state index contributed by atoms with van der Waals surface area (Å²) < 4.78 is 18.5. The minimum absolute atomic E-state index is 0.205. The highest BCUT2D eigenvalue weighted by Gasteiger charge is 2.19. The van der Waals surface area contributed by atoms with Gasteiger partial charge in [-0.2, -0.15) is 0 Å². The van der Waals surface area contributed by atoms with Crippen LogP contribution in [0.25, 0.3) is 11.5 Å². The molecule has 114 valence electrons. The Morgan fingerprint density at radius 1 is 1.17 bits per heavy atom. The Balaban J connectivity index is 1.52. The molecule has 1 aliphatic rings. The van der Waals surface area contributed by atoms with Crippen LogP contribution < -0.4 is 0 Å². The molecule has 1 aromatic carbocycles. The third kappa shape index (κ3) is 2.83. The SMILES string of the molecule is Fc1ccc(-c2nnc(CC3=Nc4cnc(Cl)nc4C3)o2)cc1. The van der Waals surface area contributed by atoms with Crippen molar-refractivity contribution in [1.82, 2.24) is 20.2 Å². The Morgan fingerprint density at radius 2 is 2.00 bits per heavy atom. The zero-order valence-corrected chi connectivity index (χ0v) is 12.5. The molecule has 0 atom stereocenters. The Morgan fingerprint density at radius 3 is 2.83 bits per heavy atom. The van der Waals surface area contributed by atoms with E-state index in [2.05, 4.69) is 25.2 Å². The third-order valence-electron chi connectivity index (χ3n) is 3.38. The molecule has 3 aromatic rings. The number of aliphatic imine (C=N–C) groups is 1. The molecule has 8 heteroatoms. The van der Waals surface area contributed by atoms with Crippen LogP contribution in [0.15, 0.2) is 39.9 Å². The number of benzene rings is 1. The fourth-order valence-electron chi connectivity index (χ4n) is 2.32. The zero-order chi connectivity index (χ0) is 15.8. The first-order chi connectivity index (χ1) is 11.2. The maximum absolute atomic E-state index is 12.9. The van der Waals surface area contributed by atoms with E-state index in [-0.39, 0.29) is 11.1 Å². The van der Waals surface area contributed by atoms with Crippen molar-refractivity contribution in [2.45, 2.75) is 12.8 Å². The standard InChI is InChI=1S/C15H9ClFN5O/c16-15-18-7-12-11(20-15)5-10(19-12)6-13-21-22-14(23-13)8-1-3-9(17)4-2-8/h1-4,7H,5-6H2. The van der Waals surface area contributed by atoms with Crippen molar-refractivity contribution in [3.8, 4) is 11.5 Å². The number of nitrogens with zero attached hydrogens (tertiary/aromatic N) is 5. The largest absolute Gasteiger partial charge is 0.420 e. The summed E-state index contributed by atoms with van der Waals surface area (Å²) in [5, 5.41) is 8.19. The lowest BCUT2D eigenvalue weighted by Gasteiger charge is -1.96. The van der Waals surface area contributed by atoms with Crippen LogP contribution in [-0.4, -0.2) is 25.9 Å². The van der Waals surface area contributed by atoms with Crippen LogP contribution in [-0.2, 0) is 12.8 Å². The zero-order valence-electron chi connectivity index (χ0n) is 11.7. The molecule has 0 radical (unpaired) electrons. The van der Waals surface area contributed by atoms with E-state index >= 15 is 0 Å². The van der Waals surface area contributed by atoms with E-state index in [1.165, 1.54) is 12.1 Å². The molecular weight excluding hydrogens is 321 g/mol. The van der Waals surface area contributed by atoms with Gasteiger partial charge < -0.3 is 4.42 Å². The fourth-order valence-corrected chi connectivity index (χ4v) is 2.47. The third-order valence-corrected chi connectivity index (χ3v) is 3.56. The quantitative estimate of drug-likeness (QED) is 0.690. The normalized spacial score (nSPS) is 13.0. The summed E-state index contributed by atoms with van der Waals surface area (Å²) in [6.45, 7) is 0. The van der Waals surface area contributed by atoms with Crippen molar-refractivity contribution in [1.29, 1.82) is 0 Å². The van der Waals surface area contributed by atoms with Crippen LogP contribution in [0.2, 0.25) is 5.28 Å². The van der Waals surface area contributed by atoms with Gasteiger partial charge >= 0.3 is 0 Å². The van der Waals surface area contributed by atoms with Crippen molar-refractivity contribution >= 4 is 23.0 Å². The summed E-state index contributed by atoms with van der Waals surface area (Å²) in [6, 6.07) is 5.87. The number of fused-ring (bicyclic) bond motifs is 1. The predicted octanol–water partition coefficient (Wildman–Crippen LogP) is 3.19. The second-order valence-corrected chi connectivity index (χ2v) is 5.35. The molecule has 0 amide bonds. The predicted molar refractivity (Wildman–Crippen MR) is 81.2 cm³/mol. The topological polar surface area (TPSA) is 77.1 Å². The highest BCUT2D eigenvalue weighted by molar-refractivity contribution is 6.28. The molecule has 23 heavy (non-hydrogen) atoms. The number of rotatable bonds is 3. The number of hydrogen-bond acceptors (Lipinski definition) is 6. The summed E-state index contributed by atoms with van der Waals surface area (Å²) in [7, 11) is 0. The molecule has 0 spiro atoms. The average molecular weight is 330 g/mol. The van der Waals surface area contributed by atoms with Gasteiger partial charge in [0.05, 0.1) is 18.3 Å². The monoisotopic (exact) mass is 329 g/mol. The minimum Gasteiger partial charge on any atom is -0.420 e. The number of halogens is 2. The highest BCUT2D eigenvalue weighted by Crippen LogP contribution is 2.26. The molecule has 0 aliphatic carbocycles. The van der Waals surface area contributed by atoms with Crippen molar-refractivity contribution in [3.63, 3.8) is 0 Å². The van der Waals surface area contributed by atoms with Crippen LogP contribution in [0.5, 0.6) is 0 Å². The van der Waals surface area contributed by atoms with E-state index in [9.17, 15) is 4.39 Å². The number of hydrogen-bond donors (Lipinski definition) is 0. The van der Waals surface area contributed by atoms with Crippen LogP contribution in [0.3, 0.4) is 0 Å². The highest BCUT2D eigenvalue weighted by atomic mass is 35.5. The first-order valence-electron chi connectivity index (χ1n) is 6.83. The molecule has 6 nitrogen and oxygen atoms in total. The summed E-state index contributed by atoms with van der Waals surface area (Å²) >= 11 is 5.77. The Labute approximate surface area is 135 Å². The van der Waals surface area contributed by atoms with Crippen LogP contribution in [0.1, 0.15) is 11.6 Å². The molecule has 0 saturated carbocycles. The Bertz CT molecular complexity index is 906. The lowest BCUT2D eigenvalue weighted by molar-refractivity contribution is 0.523. The van der Waals surface area contributed by atoms with Gasteiger partial charge in [-0.15, -0.1) is 10.2 Å². The van der Waals surface area contributed by atoms with Crippen molar-refractivity contribution in [3.05, 3.63) is 53.1 Å². The fraction of sp³-hybridized carbons (Fsp3) is 0.133. The van der Waals surface area contributed by atoms with Gasteiger partial charge in [0.15, 0.2) is 0 Å². The van der Waals surface area contributed by atoms with Gasteiger partial charge in [0.1, 0.15) is 11.5 Å². The molecule has 0 N–H and O–H groups in total. The van der Waals surface area contributed by atoms with E-state index in [1.807, 2.05) is 0 Å². The second-order valence-electron chi connectivity index (χ2n) is 5.01. The second kappa shape index (κ2) is 5.51. The number of aromatic nitrogens is 4. The summed E-state index contributed by atoms with van der Waals surface area (Å²) in [4.78, 5) is 12.5. The summed E-state index contributed by atoms with van der Waals surface area (Å²) in [5.41, 5.74) is 3.02. The van der Waals surface area contributed by atoms with E-state index in [4.69, 9.17) is 16.0 Å². The molecule has 4 rings (SSSR count). The lowest BCUT2D eigenvalue weighted by atomic mass is 10.2. The summed E-state index contributed by atoms with van der Waals surface area (Å²) in [5.74, 6) is 0.472. The molecule has 1 aliphatic heterocycles. The minimum atomic E-state index is -0.314. The summed E-state index contributed by atoms with van der Waals surface area (Å²) in [6.07, 6.45) is 2.59. The molecule has 2 aromatic heterocycles. The van der Waals surface area contributed by atoms with E-state index in [0.717, 1.165) is 11.4 Å². The molecule has 0 fully saturated rings. The van der Waals surface area contributed by atoms with Crippen LogP contribution >= 0.6 is 11.6 Å². The van der Waals surface area contributed by atoms with Crippen molar-refractivity contribution in [2.24, 2.45) is 4.99 Å². The average Bonchev–Trinajstić information content (AvgIpc) is 3.14. The lowest BCUT2D eigenvalue weighted by Crippen LogP contribution is -2.04. The Kier molecular flexibility index (Phi) is 3.34. The van der Waals surface area contributed by atoms with Crippen molar-refractivity contribution in [2.75, 3.05) is 0 Å². The van der Waals surface area contributed by atoms with E-state index < -0.39 is 0 Å². The van der Waals surface area contributed by atoms with Gasteiger partial charge in [0.25, 0.3) is 0 Å². The van der Waals surface area contributed by atoms with Crippen LogP contribution in [0.4, 0.5) is 10.1 Å². The molecule has 0 saturated heterocycles. The van der Waals surface area contributed by atoms with Gasteiger partial charge in [0.2, 0.25) is 17.1 Å². The molecule has 0 unspecified atom stereocenters. The Hall–Kier alpha value is -2.67. The van der Waals surface area contributed by atoms with E-state index in [0.29, 0.717) is 35.9 Å².